The van der Waals surface area contributed by atoms with Gasteiger partial charge in [-0.25, -0.2) is 0 Å². The highest BCUT2D eigenvalue weighted by Crippen LogP contribution is 2.43. The van der Waals surface area contributed by atoms with E-state index in [1.165, 1.54) is 17.7 Å². The van der Waals surface area contributed by atoms with Gasteiger partial charge in [-0.05, 0) is 29.7 Å². The zero-order valence-corrected chi connectivity index (χ0v) is 16.0. The van der Waals surface area contributed by atoms with E-state index in [9.17, 15) is 0 Å². The van der Waals surface area contributed by atoms with Crippen molar-refractivity contribution in [2.75, 3.05) is 20.1 Å². The van der Waals surface area contributed by atoms with Crippen molar-refractivity contribution >= 4 is 41.3 Å². The minimum Gasteiger partial charge on any atom is -0.356 e. The molecule has 0 saturated heterocycles. The zero-order valence-electron chi connectivity index (χ0n) is 12.8. The first-order valence-electron chi connectivity index (χ1n) is 6.94. The van der Waals surface area contributed by atoms with E-state index in [0.29, 0.717) is 5.41 Å². The summed E-state index contributed by atoms with van der Waals surface area (Å²) in [4.78, 5) is 5.71. The molecule has 1 aromatic heterocycles. The lowest BCUT2D eigenvalue weighted by Gasteiger charge is -2.25. The Labute approximate surface area is 143 Å². The van der Waals surface area contributed by atoms with Crippen molar-refractivity contribution in [3.05, 3.63) is 22.4 Å². The second kappa shape index (κ2) is 7.11. The molecular weight excluding hydrogens is 381 g/mol. The summed E-state index contributed by atoms with van der Waals surface area (Å²) < 4.78 is 0. The molecule has 0 radical (unpaired) electrons. The lowest BCUT2D eigenvalue weighted by molar-refractivity contribution is 0.508. The number of nitrogens with zero attached hydrogens (tertiary/aromatic N) is 1. The van der Waals surface area contributed by atoms with Crippen LogP contribution in [0.2, 0.25) is 0 Å². The Morgan fingerprint density at radius 2 is 2.10 bits per heavy atom. The molecule has 1 aliphatic carbocycles. The summed E-state index contributed by atoms with van der Waals surface area (Å²) in [5, 5.41) is 9.01. The van der Waals surface area contributed by atoms with E-state index in [1.54, 1.807) is 0 Å². The van der Waals surface area contributed by atoms with E-state index in [-0.39, 0.29) is 29.4 Å². The number of aliphatic imine (C=N–C) groups is 1. The van der Waals surface area contributed by atoms with Gasteiger partial charge in [-0.2, -0.15) is 0 Å². The van der Waals surface area contributed by atoms with Gasteiger partial charge in [0.05, 0.1) is 0 Å². The predicted octanol–water partition coefficient (Wildman–Crippen LogP) is 3.61. The summed E-state index contributed by atoms with van der Waals surface area (Å²) in [6, 6.07) is 4.32. The summed E-state index contributed by atoms with van der Waals surface area (Å²) in [6.45, 7) is 8.77. The molecular formula is C15H26IN3S. The maximum atomic E-state index is 4.30. The van der Waals surface area contributed by atoms with Gasteiger partial charge in [0.1, 0.15) is 0 Å². The number of rotatable bonds is 5. The average molecular weight is 407 g/mol. The molecule has 2 rings (SSSR count). The van der Waals surface area contributed by atoms with Gasteiger partial charge in [-0.3, -0.25) is 4.99 Å². The van der Waals surface area contributed by atoms with Crippen LogP contribution >= 0.6 is 35.3 Å². The van der Waals surface area contributed by atoms with Crippen molar-refractivity contribution in [3.8, 4) is 0 Å². The second-order valence-corrected chi connectivity index (χ2v) is 7.40. The minimum absolute atomic E-state index is 0. The molecule has 114 valence electrons. The third kappa shape index (κ3) is 4.91. The first-order chi connectivity index (χ1) is 8.95. The topological polar surface area (TPSA) is 36.4 Å². The van der Waals surface area contributed by atoms with Crippen LogP contribution in [0.3, 0.4) is 0 Å². The van der Waals surface area contributed by atoms with Gasteiger partial charge >= 0.3 is 0 Å². The predicted molar refractivity (Wildman–Crippen MR) is 99.5 cm³/mol. The molecule has 1 heterocycles. The first-order valence-corrected chi connectivity index (χ1v) is 7.82. The summed E-state index contributed by atoms with van der Waals surface area (Å²) in [5.74, 6) is 0.915. The van der Waals surface area contributed by atoms with Crippen LogP contribution in [0.15, 0.2) is 22.5 Å². The first kappa shape index (κ1) is 17.8. The SMILES string of the molecule is CN=C(NCC1(C)CC1)NCC(C)(C)c1cccs1.I. The van der Waals surface area contributed by atoms with Crippen LogP contribution < -0.4 is 10.6 Å². The fourth-order valence-corrected chi connectivity index (χ4v) is 2.82. The van der Waals surface area contributed by atoms with Gasteiger partial charge in [0, 0.05) is 30.4 Å². The van der Waals surface area contributed by atoms with E-state index in [0.717, 1.165) is 19.0 Å². The van der Waals surface area contributed by atoms with Crippen molar-refractivity contribution in [2.24, 2.45) is 10.4 Å². The van der Waals surface area contributed by atoms with Gasteiger partial charge in [0.25, 0.3) is 0 Å². The summed E-state index contributed by atoms with van der Waals surface area (Å²) in [7, 11) is 1.84. The van der Waals surface area contributed by atoms with Crippen LogP contribution in [0.4, 0.5) is 0 Å². The molecule has 5 heteroatoms. The normalized spacial score (nSPS) is 17.3. The second-order valence-electron chi connectivity index (χ2n) is 6.45. The Hall–Kier alpha value is -0.300. The van der Waals surface area contributed by atoms with Crippen molar-refractivity contribution < 1.29 is 0 Å². The molecule has 0 unspecified atom stereocenters. The molecule has 1 fully saturated rings. The molecule has 1 saturated carbocycles. The Balaban J connectivity index is 0.00000200. The lowest BCUT2D eigenvalue weighted by atomic mass is 9.91. The number of guanidine groups is 1. The smallest absolute Gasteiger partial charge is 0.191 e. The summed E-state index contributed by atoms with van der Waals surface area (Å²) in [6.07, 6.45) is 2.66. The Kier molecular flexibility index (Phi) is 6.31. The molecule has 2 N–H and O–H groups in total. The van der Waals surface area contributed by atoms with E-state index in [2.05, 4.69) is 53.9 Å². The number of hydrogen-bond acceptors (Lipinski definition) is 2. The van der Waals surface area contributed by atoms with Crippen LogP contribution in [0.25, 0.3) is 0 Å². The van der Waals surface area contributed by atoms with Crippen LogP contribution in [0.1, 0.15) is 38.5 Å². The fraction of sp³-hybridized carbons (Fsp3) is 0.667. The minimum atomic E-state index is 0. The molecule has 0 aliphatic heterocycles. The van der Waals surface area contributed by atoms with Crippen LogP contribution in [0, 0.1) is 5.41 Å². The van der Waals surface area contributed by atoms with Gasteiger partial charge < -0.3 is 10.6 Å². The number of halogens is 1. The Morgan fingerprint density at radius 1 is 1.40 bits per heavy atom. The van der Waals surface area contributed by atoms with Crippen molar-refractivity contribution in [1.29, 1.82) is 0 Å². The third-order valence-corrected chi connectivity index (χ3v) is 5.13. The van der Waals surface area contributed by atoms with Crippen LogP contribution in [-0.4, -0.2) is 26.1 Å². The molecule has 0 spiro atoms. The van der Waals surface area contributed by atoms with Gasteiger partial charge in [0.15, 0.2) is 5.96 Å². The molecule has 0 aromatic carbocycles. The quantitative estimate of drug-likeness (QED) is 0.445. The zero-order chi connectivity index (χ0) is 13.9. The van der Waals surface area contributed by atoms with Gasteiger partial charge in [-0.15, -0.1) is 35.3 Å². The standard InChI is InChI=1S/C15H25N3S.HI/c1-14(2,12-6-5-9-19-12)10-17-13(16-4)18-11-15(3)7-8-15;/h5-6,9H,7-8,10-11H2,1-4H3,(H2,16,17,18);1H. The molecule has 3 nitrogen and oxygen atoms in total. The molecule has 20 heavy (non-hydrogen) atoms. The van der Waals surface area contributed by atoms with Crippen molar-refractivity contribution in [3.63, 3.8) is 0 Å². The van der Waals surface area contributed by atoms with Crippen LogP contribution in [-0.2, 0) is 5.41 Å². The van der Waals surface area contributed by atoms with E-state index in [1.807, 2.05) is 18.4 Å². The highest BCUT2D eigenvalue weighted by atomic mass is 127. The highest BCUT2D eigenvalue weighted by molar-refractivity contribution is 14.0. The monoisotopic (exact) mass is 407 g/mol. The van der Waals surface area contributed by atoms with E-state index in [4.69, 9.17) is 0 Å². The fourth-order valence-electron chi connectivity index (χ4n) is 1.96. The van der Waals surface area contributed by atoms with Crippen LogP contribution in [0.5, 0.6) is 0 Å². The largest absolute Gasteiger partial charge is 0.356 e. The molecule has 0 bridgehead atoms. The molecule has 1 aromatic rings. The summed E-state index contributed by atoms with van der Waals surface area (Å²) in [5.41, 5.74) is 0.635. The molecule has 1 aliphatic rings. The van der Waals surface area contributed by atoms with Crippen molar-refractivity contribution in [1.82, 2.24) is 10.6 Å². The Morgan fingerprint density at radius 3 is 2.60 bits per heavy atom. The maximum absolute atomic E-state index is 4.30. The maximum Gasteiger partial charge on any atom is 0.191 e. The molecule has 0 amide bonds. The number of nitrogens with one attached hydrogen (secondary N) is 2. The molecule has 0 atom stereocenters. The van der Waals surface area contributed by atoms with Gasteiger partial charge in [0.2, 0.25) is 0 Å². The highest BCUT2D eigenvalue weighted by Gasteiger charge is 2.37. The van der Waals surface area contributed by atoms with Gasteiger partial charge in [-0.1, -0.05) is 26.8 Å². The number of hydrogen-bond donors (Lipinski definition) is 2. The number of thiophene rings is 1. The summed E-state index contributed by atoms with van der Waals surface area (Å²) >= 11 is 1.82. The third-order valence-electron chi connectivity index (χ3n) is 3.90. The lowest BCUT2D eigenvalue weighted by Crippen LogP contribution is -2.44. The van der Waals surface area contributed by atoms with E-state index < -0.39 is 0 Å². The Bertz CT molecular complexity index is 436. The average Bonchev–Trinajstić information content (AvgIpc) is 2.90. The van der Waals surface area contributed by atoms with E-state index >= 15 is 0 Å². The van der Waals surface area contributed by atoms with Crippen molar-refractivity contribution in [2.45, 2.75) is 39.0 Å².